The van der Waals surface area contributed by atoms with Crippen molar-refractivity contribution in [2.75, 3.05) is 0 Å². The summed E-state index contributed by atoms with van der Waals surface area (Å²) in [6.45, 7) is 2.40. The molecule has 20 heavy (non-hydrogen) atoms. The number of ether oxygens (including phenoxy) is 1. The van der Waals surface area contributed by atoms with Gasteiger partial charge in [-0.2, -0.15) is 0 Å². The van der Waals surface area contributed by atoms with Gasteiger partial charge in [-0.05, 0) is 54.8 Å². The normalized spacial score (nSPS) is 12.2. The smallest absolute Gasteiger partial charge is 0.120 e. The van der Waals surface area contributed by atoms with Gasteiger partial charge in [0.1, 0.15) is 18.1 Å². The Morgan fingerprint density at radius 3 is 2.75 bits per heavy atom. The average molecular weight is 336 g/mol. The summed E-state index contributed by atoms with van der Waals surface area (Å²) in [5, 5.41) is 9.41. The Labute approximate surface area is 127 Å². The molecule has 0 fully saturated rings. The van der Waals surface area contributed by atoms with Gasteiger partial charge in [0.2, 0.25) is 0 Å². The van der Waals surface area contributed by atoms with E-state index in [4.69, 9.17) is 10.5 Å². The first kappa shape index (κ1) is 14.9. The first-order chi connectivity index (χ1) is 9.54. The van der Waals surface area contributed by atoms with Gasteiger partial charge in [0.05, 0.1) is 0 Å². The summed E-state index contributed by atoms with van der Waals surface area (Å²) in [6.07, 6.45) is 0.796. The zero-order chi connectivity index (χ0) is 14.5. The van der Waals surface area contributed by atoms with Crippen molar-refractivity contribution in [2.45, 2.75) is 26.0 Å². The van der Waals surface area contributed by atoms with Gasteiger partial charge in [-0.1, -0.05) is 28.1 Å². The third-order valence-corrected chi connectivity index (χ3v) is 3.65. The van der Waals surface area contributed by atoms with E-state index in [1.807, 2.05) is 31.2 Å². The van der Waals surface area contributed by atoms with Crippen molar-refractivity contribution in [3.8, 4) is 11.5 Å². The zero-order valence-corrected chi connectivity index (χ0v) is 12.9. The van der Waals surface area contributed by atoms with E-state index < -0.39 is 0 Å². The molecule has 0 saturated heterocycles. The minimum Gasteiger partial charge on any atom is -0.508 e. The molecule has 0 bridgehead atoms. The zero-order valence-electron chi connectivity index (χ0n) is 11.3. The van der Waals surface area contributed by atoms with Crippen LogP contribution in [-0.4, -0.2) is 11.1 Å². The molecule has 0 saturated carbocycles. The average Bonchev–Trinajstić information content (AvgIpc) is 2.39. The van der Waals surface area contributed by atoms with Crippen LogP contribution < -0.4 is 10.5 Å². The summed E-state index contributed by atoms with van der Waals surface area (Å²) in [5.41, 5.74) is 7.90. The molecule has 106 valence electrons. The van der Waals surface area contributed by atoms with Crippen molar-refractivity contribution in [3.63, 3.8) is 0 Å². The van der Waals surface area contributed by atoms with Crippen molar-refractivity contribution in [1.82, 2.24) is 0 Å². The molecule has 0 aromatic heterocycles. The maximum atomic E-state index is 9.41. The number of aromatic hydroxyl groups is 1. The molecular weight excluding hydrogens is 318 g/mol. The predicted molar refractivity (Wildman–Crippen MR) is 83.9 cm³/mol. The Morgan fingerprint density at radius 1 is 1.25 bits per heavy atom. The van der Waals surface area contributed by atoms with E-state index in [-0.39, 0.29) is 11.8 Å². The summed E-state index contributed by atoms with van der Waals surface area (Å²) in [6, 6.07) is 13.0. The highest BCUT2D eigenvalue weighted by Crippen LogP contribution is 2.24. The molecule has 1 unspecified atom stereocenters. The summed E-state index contributed by atoms with van der Waals surface area (Å²) in [7, 11) is 0. The van der Waals surface area contributed by atoms with Crippen LogP contribution in [-0.2, 0) is 13.0 Å². The predicted octanol–water partition coefficient (Wildman–Crippen LogP) is 3.62. The highest BCUT2D eigenvalue weighted by atomic mass is 79.9. The van der Waals surface area contributed by atoms with E-state index >= 15 is 0 Å². The van der Waals surface area contributed by atoms with Gasteiger partial charge in [0, 0.05) is 10.5 Å². The SMILES string of the molecule is CC(N)Cc1cc(OCc2cccc(O)c2)ccc1Br. The van der Waals surface area contributed by atoms with Gasteiger partial charge >= 0.3 is 0 Å². The van der Waals surface area contributed by atoms with E-state index in [0.29, 0.717) is 6.61 Å². The number of phenolic OH excluding ortho intramolecular Hbond substituents is 1. The topological polar surface area (TPSA) is 55.5 Å². The van der Waals surface area contributed by atoms with E-state index in [0.717, 1.165) is 27.8 Å². The minimum atomic E-state index is 0.104. The molecule has 3 nitrogen and oxygen atoms in total. The van der Waals surface area contributed by atoms with Gasteiger partial charge in [0.25, 0.3) is 0 Å². The maximum Gasteiger partial charge on any atom is 0.120 e. The van der Waals surface area contributed by atoms with Crippen molar-refractivity contribution in [1.29, 1.82) is 0 Å². The number of nitrogens with two attached hydrogens (primary N) is 1. The standard InChI is InChI=1S/C16H18BrNO2/c1-11(18)7-13-9-15(5-6-16(13)17)20-10-12-3-2-4-14(19)8-12/h2-6,8-9,11,19H,7,10,18H2,1H3. The fraction of sp³-hybridized carbons (Fsp3) is 0.250. The number of halogens is 1. The second kappa shape index (κ2) is 6.77. The monoisotopic (exact) mass is 335 g/mol. The van der Waals surface area contributed by atoms with Gasteiger partial charge in [-0.25, -0.2) is 0 Å². The molecule has 2 rings (SSSR count). The first-order valence-corrected chi connectivity index (χ1v) is 7.28. The lowest BCUT2D eigenvalue weighted by Crippen LogP contribution is -2.18. The van der Waals surface area contributed by atoms with Crippen molar-refractivity contribution >= 4 is 15.9 Å². The van der Waals surface area contributed by atoms with Crippen LogP contribution in [0.25, 0.3) is 0 Å². The van der Waals surface area contributed by atoms with E-state index in [1.165, 1.54) is 0 Å². The third-order valence-electron chi connectivity index (χ3n) is 2.88. The Balaban J connectivity index is 2.06. The molecule has 0 heterocycles. The molecule has 0 aliphatic heterocycles. The minimum absolute atomic E-state index is 0.104. The summed E-state index contributed by atoms with van der Waals surface area (Å²) < 4.78 is 6.79. The lowest BCUT2D eigenvalue weighted by atomic mass is 10.1. The molecule has 4 heteroatoms. The molecule has 0 spiro atoms. The molecule has 3 N–H and O–H groups in total. The maximum absolute atomic E-state index is 9.41. The Morgan fingerprint density at radius 2 is 2.05 bits per heavy atom. The summed E-state index contributed by atoms with van der Waals surface area (Å²) in [5.74, 6) is 1.05. The van der Waals surface area contributed by atoms with Gasteiger partial charge in [0.15, 0.2) is 0 Å². The van der Waals surface area contributed by atoms with Crippen molar-refractivity contribution in [3.05, 3.63) is 58.1 Å². The number of benzene rings is 2. The van der Waals surface area contributed by atoms with E-state index in [9.17, 15) is 5.11 Å². The van der Waals surface area contributed by atoms with Gasteiger partial charge < -0.3 is 15.6 Å². The molecular formula is C16H18BrNO2. The third kappa shape index (κ3) is 4.25. The van der Waals surface area contributed by atoms with Crippen LogP contribution in [0.5, 0.6) is 11.5 Å². The molecule has 2 aromatic rings. The fourth-order valence-electron chi connectivity index (χ4n) is 1.96. The quantitative estimate of drug-likeness (QED) is 0.877. The van der Waals surface area contributed by atoms with Crippen LogP contribution in [0.4, 0.5) is 0 Å². The van der Waals surface area contributed by atoms with Crippen LogP contribution >= 0.6 is 15.9 Å². The molecule has 0 aliphatic rings. The Hall–Kier alpha value is -1.52. The summed E-state index contributed by atoms with van der Waals surface area (Å²) >= 11 is 3.52. The molecule has 1 atom stereocenters. The molecule has 2 aromatic carbocycles. The number of hydrogen-bond acceptors (Lipinski definition) is 3. The summed E-state index contributed by atoms with van der Waals surface area (Å²) in [4.78, 5) is 0. The molecule has 0 radical (unpaired) electrons. The molecule has 0 aliphatic carbocycles. The highest BCUT2D eigenvalue weighted by molar-refractivity contribution is 9.10. The van der Waals surface area contributed by atoms with Crippen LogP contribution in [0.3, 0.4) is 0 Å². The van der Waals surface area contributed by atoms with Crippen LogP contribution in [0.1, 0.15) is 18.1 Å². The van der Waals surface area contributed by atoms with Crippen molar-refractivity contribution < 1.29 is 9.84 Å². The van der Waals surface area contributed by atoms with E-state index in [1.54, 1.807) is 18.2 Å². The second-order valence-corrected chi connectivity index (χ2v) is 5.75. The van der Waals surface area contributed by atoms with E-state index in [2.05, 4.69) is 15.9 Å². The van der Waals surface area contributed by atoms with Crippen LogP contribution in [0, 0.1) is 0 Å². The molecule has 0 amide bonds. The fourth-order valence-corrected chi connectivity index (χ4v) is 2.37. The van der Waals surface area contributed by atoms with Crippen LogP contribution in [0.2, 0.25) is 0 Å². The van der Waals surface area contributed by atoms with Crippen molar-refractivity contribution in [2.24, 2.45) is 5.73 Å². The lowest BCUT2D eigenvalue weighted by molar-refractivity contribution is 0.305. The van der Waals surface area contributed by atoms with Gasteiger partial charge in [-0.15, -0.1) is 0 Å². The van der Waals surface area contributed by atoms with Gasteiger partial charge in [-0.3, -0.25) is 0 Å². The highest BCUT2D eigenvalue weighted by Gasteiger charge is 2.05. The largest absolute Gasteiger partial charge is 0.508 e. The number of rotatable bonds is 5. The lowest BCUT2D eigenvalue weighted by Gasteiger charge is -2.11. The Kier molecular flexibility index (Phi) is 5.04. The number of hydrogen-bond donors (Lipinski definition) is 2. The Bertz CT molecular complexity index is 584. The second-order valence-electron chi connectivity index (χ2n) is 4.89. The first-order valence-electron chi connectivity index (χ1n) is 6.49. The number of phenols is 1. The van der Waals surface area contributed by atoms with Crippen LogP contribution in [0.15, 0.2) is 46.9 Å².